The predicted molar refractivity (Wildman–Crippen MR) is 100 cm³/mol. The predicted octanol–water partition coefficient (Wildman–Crippen LogP) is 3.27. The number of hydrogen-bond acceptors (Lipinski definition) is 5. The molecule has 2 aromatic rings. The minimum absolute atomic E-state index is 0.0858. The first-order valence-corrected chi connectivity index (χ1v) is 8.88. The van der Waals surface area contributed by atoms with Crippen LogP contribution in [0.4, 0.5) is 5.69 Å². The second-order valence-electron chi connectivity index (χ2n) is 6.03. The van der Waals surface area contributed by atoms with E-state index in [1.165, 1.54) is 0 Å². The molecule has 1 amide bonds. The Kier molecular flexibility index (Phi) is 6.08. The number of benzene rings is 2. The monoisotopic (exact) mass is 387 g/mol. The molecule has 0 spiro atoms. The van der Waals surface area contributed by atoms with Crippen molar-refractivity contribution in [2.45, 2.75) is 12.8 Å². The Hall–Kier alpha value is -2.86. The lowest BCUT2D eigenvalue weighted by molar-refractivity contribution is -0.144. The number of ketones is 1. The summed E-state index contributed by atoms with van der Waals surface area (Å²) in [6.45, 7) is -0.000270. The van der Waals surface area contributed by atoms with Crippen molar-refractivity contribution in [1.29, 1.82) is 0 Å². The van der Waals surface area contributed by atoms with Crippen LogP contribution in [0, 0.1) is 0 Å². The van der Waals surface area contributed by atoms with Gasteiger partial charge >= 0.3 is 5.97 Å². The highest BCUT2D eigenvalue weighted by atomic mass is 35.5. The van der Waals surface area contributed by atoms with Gasteiger partial charge in [0.1, 0.15) is 5.75 Å². The van der Waals surface area contributed by atoms with E-state index in [9.17, 15) is 14.4 Å². The Labute approximate surface area is 161 Å². The van der Waals surface area contributed by atoms with E-state index < -0.39 is 5.97 Å². The standard InChI is InChI=1S/C20H18ClNO5/c21-15-3-1-4-17(11-15)26-13-20(25)27-12-18(23)14-6-8-16(9-7-14)22-10-2-5-19(22)24/h1,3-4,6-9,11H,2,5,10,12-13H2. The summed E-state index contributed by atoms with van der Waals surface area (Å²) in [5.41, 5.74) is 1.18. The van der Waals surface area contributed by atoms with Gasteiger partial charge in [-0.15, -0.1) is 0 Å². The van der Waals surface area contributed by atoms with E-state index in [0.717, 1.165) is 12.1 Å². The average Bonchev–Trinajstić information content (AvgIpc) is 3.10. The molecule has 0 saturated carbocycles. The summed E-state index contributed by atoms with van der Waals surface area (Å²) in [6, 6.07) is 13.3. The Morgan fingerprint density at radius 3 is 2.52 bits per heavy atom. The van der Waals surface area contributed by atoms with E-state index in [1.54, 1.807) is 53.4 Å². The molecule has 0 aromatic heterocycles. The van der Waals surface area contributed by atoms with Crippen LogP contribution in [-0.4, -0.2) is 37.4 Å². The first-order valence-electron chi connectivity index (χ1n) is 8.50. The molecule has 0 radical (unpaired) electrons. The number of Topliss-reactive ketones (excluding diaryl/α,β-unsaturated/α-hetero) is 1. The molecule has 0 aliphatic carbocycles. The fourth-order valence-corrected chi connectivity index (χ4v) is 2.90. The lowest BCUT2D eigenvalue weighted by Gasteiger charge is -2.15. The number of anilines is 1. The third kappa shape index (κ3) is 5.08. The number of ether oxygens (including phenoxy) is 2. The van der Waals surface area contributed by atoms with Crippen LogP contribution in [0.15, 0.2) is 48.5 Å². The third-order valence-electron chi connectivity index (χ3n) is 4.09. The number of carbonyl (C=O) groups is 3. The highest BCUT2D eigenvalue weighted by Gasteiger charge is 2.21. The Bertz CT molecular complexity index is 850. The maximum absolute atomic E-state index is 12.1. The smallest absolute Gasteiger partial charge is 0.344 e. The zero-order valence-electron chi connectivity index (χ0n) is 14.5. The Morgan fingerprint density at radius 1 is 1.07 bits per heavy atom. The molecule has 140 valence electrons. The summed E-state index contributed by atoms with van der Waals surface area (Å²) < 4.78 is 10.2. The highest BCUT2D eigenvalue weighted by molar-refractivity contribution is 6.30. The average molecular weight is 388 g/mol. The molecule has 1 aliphatic rings. The van der Waals surface area contributed by atoms with E-state index in [0.29, 0.717) is 29.3 Å². The van der Waals surface area contributed by atoms with Crippen molar-refractivity contribution in [3.63, 3.8) is 0 Å². The molecule has 3 rings (SSSR count). The zero-order chi connectivity index (χ0) is 19.2. The fraction of sp³-hybridized carbons (Fsp3) is 0.250. The number of carbonyl (C=O) groups excluding carboxylic acids is 3. The Morgan fingerprint density at radius 2 is 1.85 bits per heavy atom. The summed E-state index contributed by atoms with van der Waals surface area (Å²) in [5.74, 6) is -0.450. The SMILES string of the molecule is O=C(COc1cccc(Cl)c1)OCC(=O)c1ccc(N2CCCC2=O)cc1. The summed E-state index contributed by atoms with van der Waals surface area (Å²) in [6.07, 6.45) is 1.39. The Balaban J connectivity index is 1.47. The van der Waals surface area contributed by atoms with Crippen LogP contribution in [-0.2, 0) is 14.3 Å². The van der Waals surface area contributed by atoms with Gasteiger partial charge in [-0.25, -0.2) is 4.79 Å². The maximum Gasteiger partial charge on any atom is 0.344 e. The molecule has 1 fully saturated rings. The zero-order valence-corrected chi connectivity index (χ0v) is 15.3. The molecule has 1 heterocycles. The molecule has 1 saturated heterocycles. The van der Waals surface area contributed by atoms with Crippen molar-refractivity contribution in [1.82, 2.24) is 0 Å². The normalized spacial score (nSPS) is 13.5. The van der Waals surface area contributed by atoms with Gasteiger partial charge in [0.25, 0.3) is 0 Å². The van der Waals surface area contributed by atoms with Crippen LogP contribution in [0.1, 0.15) is 23.2 Å². The molecule has 7 heteroatoms. The van der Waals surface area contributed by atoms with Crippen LogP contribution in [0.2, 0.25) is 5.02 Å². The molecule has 1 aliphatic heterocycles. The van der Waals surface area contributed by atoms with Crippen LogP contribution >= 0.6 is 11.6 Å². The number of esters is 1. The number of nitrogens with zero attached hydrogens (tertiary/aromatic N) is 1. The topological polar surface area (TPSA) is 72.9 Å². The van der Waals surface area contributed by atoms with Gasteiger partial charge in [-0.05, 0) is 48.9 Å². The largest absolute Gasteiger partial charge is 0.482 e. The molecule has 6 nitrogen and oxygen atoms in total. The second-order valence-corrected chi connectivity index (χ2v) is 6.46. The van der Waals surface area contributed by atoms with Gasteiger partial charge in [-0.2, -0.15) is 0 Å². The lowest BCUT2D eigenvalue weighted by atomic mass is 10.1. The summed E-state index contributed by atoms with van der Waals surface area (Å²) in [4.78, 5) is 37.3. The first-order chi connectivity index (χ1) is 13.0. The number of hydrogen-bond donors (Lipinski definition) is 0. The van der Waals surface area contributed by atoms with Crippen molar-refractivity contribution in [2.24, 2.45) is 0 Å². The fourth-order valence-electron chi connectivity index (χ4n) is 2.72. The van der Waals surface area contributed by atoms with Crippen molar-refractivity contribution < 1.29 is 23.9 Å². The first kappa shape index (κ1) is 18.9. The van der Waals surface area contributed by atoms with Gasteiger partial charge in [-0.1, -0.05) is 17.7 Å². The van der Waals surface area contributed by atoms with Gasteiger partial charge < -0.3 is 14.4 Å². The van der Waals surface area contributed by atoms with E-state index in [-0.39, 0.29) is 24.9 Å². The molecule has 27 heavy (non-hydrogen) atoms. The number of rotatable bonds is 7. The molecule has 0 N–H and O–H groups in total. The van der Waals surface area contributed by atoms with Crippen LogP contribution in [0.25, 0.3) is 0 Å². The minimum atomic E-state index is -0.650. The van der Waals surface area contributed by atoms with Crippen molar-refractivity contribution in [3.8, 4) is 5.75 Å². The van der Waals surface area contributed by atoms with E-state index in [4.69, 9.17) is 21.1 Å². The highest BCUT2D eigenvalue weighted by Crippen LogP contribution is 2.21. The number of amides is 1. The molecule has 2 aromatic carbocycles. The van der Waals surface area contributed by atoms with Gasteiger partial charge in [0, 0.05) is 29.2 Å². The van der Waals surface area contributed by atoms with Gasteiger partial charge in [-0.3, -0.25) is 9.59 Å². The third-order valence-corrected chi connectivity index (χ3v) is 4.33. The van der Waals surface area contributed by atoms with Crippen LogP contribution < -0.4 is 9.64 Å². The van der Waals surface area contributed by atoms with Crippen molar-refractivity contribution >= 4 is 34.9 Å². The minimum Gasteiger partial charge on any atom is -0.482 e. The maximum atomic E-state index is 12.1. The molecular formula is C20H18ClNO5. The summed E-state index contributed by atoms with van der Waals surface area (Å²) >= 11 is 5.83. The quantitative estimate of drug-likeness (QED) is 0.538. The molecule has 0 unspecified atom stereocenters. The second kappa shape index (κ2) is 8.68. The summed E-state index contributed by atoms with van der Waals surface area (Å²) in [5, 5.41) is 0.495. The number of halogens is 1. The van der Waals surface area contributed by atoms with E-state index >= 15 is 0 Å². The van der Waals surface area contributed by atoms with Gasteiger partial charge in [0.2, 0.25) is 5.91 Å². The lowest BCUT2D eigenvalue weighted by Crippen LogP contribution is -2.23. The van der Waals surface area contributed by atoms with Crippen molar-refractivity contribution in [3.05, 3.63) is 59.1 Å². The summed E-state index contributed by atoms with van der Waals surface area (Å²) in [7, 11) is 0. The molecular weight excluding hydrogens is 370 g/mol. The molecule has 0 bridgehead atoms. The van der Waals surface area contributed by atoms with Gasteiger partial charge in [0.15, 0.2) is 19.0 Å². The van der Waals surface area contributed by atoms with Crippen molar-refractivity contribution in [2.75, 3.05) is 24.7 Å². The van der Waals surface area contributed by atoms with Crippen LogP contribution in [0.5, 0.6) is 5.75 Å². The molecule has 0 atom stereocenters. The van der Waals surface area contributed by atoms with Gasteiger partial charge in [0.05, 0.1) is 0 Å². The van der Waals surface area contributed by atoms with E-state index in [1.807, 2.05) is 0 Å². The van der Waals surface area contributed by atoms with Crippen LogP contribution in [0.3, 0.4) is 0 Å². The van der Waals surface area contributed by atoms with E-state index in [2.05, 4.69) is 0 Å².